The summed E-state index contributed by atoms with van der Waals surface area (Å²) >= 11 is 0. The van der Waals surface area contributed by atoms with Gasteiger partial charge in [0.15, 0.2) is 5.78 Å². The fourth-order valence-electron chi connectivity index (χ4n) is 6.48. The van der Waals surface area contributed by atoms with E-state index in [1.165, 1.54) is 6.08 Å². The molecule has 0 aliphatic rings. The van der Waals surface area contributed by atoms with Crippen LogP contribution in [-0.2, 0) is 31.3 Å². The molecule has 2 aromatic heterocycles. The third-order valence-corrected chi connectivity index (χ3v) is 9.15. The summed E-state index contributed by atoms with van der Waals surface area (Å²) in [4.78, 5) is 16.3. The van der Waals surface area contributed by atoms with Crippen molar-refractivity contribution in [3.05, 3.63) is 115 Å². The molecule has 2 heterocycles. The van der Waals surface area contributed by atoms with E-state index in [-0.39, 0.29) is 43.5 Å². The molecule has 50 heavy (non-hydrogen) atoms. The Morgan fingerprint density at radius 1 is 0.860 bits per heavy atom. The molecule has 0 bridgehead atoms. The van der Waals surface area contributed by atoms with Crippen LogP contribution in [-0.4, -0.2) is 15.9 Å². The second-order valence-corrected chi connectivity index (χ2v) is 13.7. The first-order valence-electron chi connectivity index (χ1n) is 18.6. The first-order valence-corrected chi connectivity index (χ1v) is 17.6. The first-order chi connectivity index (χ1) is 24.3. The van der Waals surface area contributed by atoms with E-state index in [1.54, 1.807) is 12.3 Å². The molecule has 0 spiro atoms. The van der Waals surface area contributed by atoms with Crippen molar-refractivity contribution >= 4 is 38.5 Å². The van der Waals surface area contributed by atoms with Gasteiger partial charge >= 0.3 is 0 Å². The predicted octanol–water partition coefficient (Wildman–Crippen LogP) is 12.7. The number of fused-ring (bicyclic) bond motifs is 5. The number of aliphatic hydroxyl groups is 1. The van der Waals surface area contributed by atoms with Crippen molar-refractivity contribution in [1.82, 2.24) is 4.98 Å². The molecule has 6 rings (SSSR count). The number of aliphatic hydroxyl groups excluding tert-OH is 1. The summed E-state index contributed by atoms with van der Waals surface area (Å²) < 4.78 is 23.5. The number of aromatic nitrogens is 1. The maximum Gasteiger partial charge on any atom is 0.162 e. The topological polar surface area (TPSA) is 63.3 Å². The maximum absolute atomic E-state index is 11.7. The average Bonchev–Trinajstić information content (AvgIpc) is 3.52. The number of carbonyl (C=O) groups is 1. The van der Waals surface area contributed by atoms with Gasteiger partial charge in [0, 0.05) is 57.7 Å². The van der Waals surface area contributed by atoms with Crippen molar-refractivity contribution in [3.8, 4) is 22.4 Å². The number of nitrogens with zero attached hydrogens (tertiary/aromatic N) is 1. The minimum atomic E-state index is -1.49. The summed E-state index contributed by atoms with van der Waals surface area (Å²) in [6.07, 6.45) is 5.10. The van der Waals surface area contributed by atoms with Crippen molar-refractivity contribution in [2.24, 2.45) is 17.3 Å². The largest absolute Gasteiger partial charge is 0.512 e. The molecule has 263 valence electrons. The van der Waals surface area contributed by atoms with E-state index in [0.717, 1.165) is 75.1 Å². The van der Waals surface area contributed by atoms with E-state index in [2.05, 4.69) is 59.6 Å². The van der Waals surface area contributed by atoms with Crippen LogP contribution < -0.4 is 0 Å². The Bertz CT molecular complexity index is 2170. The predicted molar refractivity (Wildman–Crippen MR) is 206 cm³/mol. The van der Waals surface area contributed by atoms with E-state index in [4.69, 9.17) is 7.16 Å². The van der Waals surface area contributed by atoms with Gasteiger partial charge in [0.1, 0.15) is 11.2 Å². The number of carbonyl (C=O) groups excluding carboxylic acids is 1. The number of benzene rings is 4. The van der Waals surface area contributed by atoms with Crippen molar-refractivity contribution in [1.29, 1.82) is 0 Å². The van der Waals surface area contributed by atoms with Gasteiger partial charge < -0.3 is 14.5 Å². The molecule has 0 fully saturated rings. The Morgan fingerprint density at radius 2 is 1.56 bits per heavy atom. The number of hydrogen-bond donors (Lipinski definition) is 1. The van der Waals surface area contributed by atoms with Gasteiger partial charge in [-0.25, -0.2) is 0 Å². The average molecular weight is 847 g/mol. The van der Waals surface area contributed by atoms with Gasteiger partial charge in [-0.3, -0.25) is 4.79 Å². The minimum Gasteiger partial charge on any atom is -0.512 e. The Labute approximate surface area is 314 Å². The molecule has 0 saturated heterocycles. The summed E-state index contributed by atoms with van der Waals surface area (Å²) in [5.41, 5.74) is 5.60. The number of hydrogen-bond acceptors (Lipinski definition) is 4. The van der Waals surface area contributed by atoms with Crippen LogP contribution >= 0.6 is 0 Å². The Hall–Kier alpha value is -4.05. The van der Waals surface area contributed by atoms with Gasteiger partial charge in [-0.1, -0.05) is 103 Å². The third-order valence-electron chi connectivity index (χ3n) is 9.15. The molecule has 0 aliphatic heterocycles. The molecular weight excluding hydrogens is 795 g/mol. The van der Waals surface area contributed by atoms with Gasteiger partial charge in [-0.15, -0.1) is 35.4 Å². The van der Waals surface area contributed by atoms with Crippen molar-refractivity contribution in [3.63, 3.8) is 0 Å². The zero-order valence-corrected chi connectivity index (χ0v) is 32.7. The van der Waals surface area contributed by atoms with E-state index in [9.17, 15) is 9.90 Å². The third kappa shape index (κ3) is 8.99. The zero-order valence-electron chi connectivity index (χ0n) is 32.3. The van der Waals surface area contributed by atoms with Crippen LogP contribution in [0.5, 0.6) is 0 Å². The van der Waals surface area contributed by atoms with Gasteiger partial charge in [0.2, 0.25) is 0 Å². The Morgan fingerprint density at radius 3 is 2.26 bits per heavy atom. The number of para-hydroxylation sites is 1. The summed E-state index contributed by atoms with van der Waals surface area (Å²) in [6, 6.07) is 31.7. The van der Waals surface area contributed by atoms with E-state index in [0.29, 0.717) is 11.3 Å². The Balaban J connectivity index is 0.000000323. The minimum absolute atomic E-state index is 0. The second kappa shape index (κ2) is 17.2. The summed E-state index contributed by atoms with van der Waals surface area (Å²) in [5.74, 6) is 0.547. The molecule has 0 saturated carbocycles. The normalized spacial score (nSPS) is 12.9. The molecule has 6 aromatic rings. The smallest absolute Gasteiger partial charge is 0.162 e. The summed E-state index contributed by atoms with van der Waals surface area (Å²) in [6.45, 7) is 13.8. The van der Waals surface area contributed by atoms with Crippen LogP contribution in [0.1, 0.15) is 82.5 Å². The first kappa shape index (κ1) is 35.8. The monoisotopic (exact) mass is 847 g/mol. The summed E-state index contributed by atoms with van der Waals surface area (Å²) in [7, 11) is 0. The fraction of sp³-hybridized carbons (Fsp3) is 0.333. The van der Waals surface area contributed by atoms with Crippen LogP contribution in [0.15, 0.2) is 107 Å². The quantitative estimate of drug-likeness (QED) is 0.0847. The molecule has 0 unspecified atom stereocenters. The van der Waals surface area contributed by atoms with Crippen molar-refractivity contribution in [2.75, 3.05) is 0 Å². The molecule has 5 heteroatoms. The second-order valence-electron chi connectivity index (χ2n) is 13.7. The van der Waals surface area contributed by atoms with Crippen LogP contribution in [0.25, 0.3) is 55.1 Å². The van der Waals surface area contributed by atoms with Crippen molar-refractivity contribution < 1.29 is 37.2 Å². The van der Waals surface area contributed by atoms with Gasteiger partial charge in [-0.2, -0.15) is 0 Å². The number of rotatable bonds is 10. The summed E-state index contributed by atoms with van der Waals surface area (Å²) in [5, 5.41) is 14.3. The van der Waals surface area contributed by atoms with E-state index < -0.39 is 11.8 Å². The van der Waals surface area contributed by atoms with E-state index in [1.807, 2.05) is 78.8 Å². The van der Waals surface area contributed by atoms with Crippen LogP contribution in [0.3, 0.4) is 0 Å². The van der Waals surface area contributed by atoms with Crippen LogP contribution in [0.4, 0.5) is 0 Å². The van der Waals surface area contributed by atoms with E-state index >= 15 is 0 Å². The van der Waals surface area contributed by atoms with Gasteiger partial charge in [0.25, 0.3) is 0 Å². The van der Waals surface area contributed by atoms with Crippen LogP contribution in [0, 0.1) is 23.3 Å². The number of furan rings is 1. The van der Waals surface area contributed by atoms with Gasteiger partial charge in [-0.05, 0) is 77.7 Å². The molecule has 1 N–H and O–H groups in total. The SMILES string of the molecule is CCC(CC)C(=O)/C=C(\O)C(CC)CC.[2H]C([2H])(c1ccnc(-c2[c-]ccc(-c3cccc4c3ccc3oc5ccccc5c34)c2)c1)C(C)(C)C.[Ir]. The molecule has 0 atom stereocenters. The number of allylic oxidation sites excluding steroid dienone is 2. The van der Waals surface area contributed by atoms with Gasteiger partial charge in [0.05, 0.1) is 5.76 Å². The molecule has 0 amide bonds. The molecule has 1 radical (unpaired) electrons. The molecule has 4 aromatic carbocycles. The Kier molecular flexibility index (Phi) is 12.3. The molecule has 4 nitrogen and oxygen atoms in total. The maximum atomic E-state index is 11.7. The fourth-order valence-corrected chi connectivity index (χ4v) is 6.48. The molecular formula is C45H50IrNO3-. The molecule has 0 aliphatic carbocycles. The van der Waals surface area contributed by atoms with Crippen molar-refractivity contribution in [2.45, 2.75) is 80.5 Å². The van der Waals surface area contributed by atoms with Crippen LogP contribution in [0.2, 0.25) is 0 Å². The number of pyridine rings is 1. The number of ketones is 1. The zero-order chi connectivity index (χ0) is 36.9. The standard InChI is InChI=1S/C32H26NO.C13H24O2.Ir/c1-32(2,3)20-21-16-17-33-28(18-21)23-9-6-8-22(19-23)24-11-7-12-26-25(24)14-15-30-31(26)27-10-4-5-13-29(27)34-30;1-5-10(6-2)12(14)9-13(15)11(7-3)8-4;/h4-8,10-19H,20H2,1-3H3;9-11,14H,5-8H2,1-4H3;/q-1;;/b;12-9-;/i20D2;;.